The molecular formula is C27H28N2O7. The normalized spacial score (nSPS) is 11.0. The Hall–Kier alpha value is -4.27. The van der Waals surface area contributed by atoms with Crippen LogP contribution in [0.25, 0.3) is 22.4 Å². The lowest BCUT2D eigenvalue weighted by atomic mass is 10.2. The Kier molecular flexibility index (Phi) is 7.28. The molecule has 36 heavy (non-hydrogen) atoms. The number of hydrogen-bond acceptors (Lipinski definition) is 7. The number of aryl methyl sites for hydroxylation is 2. The number of aromatic nitrogens is 2. The van der Waals surface area contributed by atoms with Gasteiger partial charge in [0, 0.05) is 36.0 Å². The van der Waals surface area contributed by atoms with E-state index in [1.807, 2.05) is 31.3 Å². The number of carbonyl (C=O) groups is 2. The van der Waals surface area contributed by atoms with Gasteiger partial charge in [-0.25, -0.2) is 4.98 Å². The van der Waals surface area contributed by atoms with Crippen LogP contribution in [-0.4, -0.2) is 46.7 Å². The molecule has 0 aliphatic rings. The number of nitrogens with zero attached hydrogens (tertiary/aromatic N) is 2. The van der Waals surface area contributed by atoms with Gasteiger partial charge in [-0.15, -0.1) is 0 Å². The van der Waals surface area contributed by atoms with Crippen LogP contribution < -0.4 is 14.2 Å². The number of carboxylic acid groups (broad SMARTS) is 1. The number of carbonyl (C=O) groups excluding carboxylic acids is 1. The standard InChI is InChI=1S/C27H28N2O7/c1-16-14-29(15-25(31)32)22-8-7-20(13-21(16)22)34-10-5-11-35-23-9-6-19(12-24(23)33-4)27-28-17(2)26(36-27)18(3)30/h6-9,12-14H,5,10-11,15H2,1-4H3,(H,31,32). The number of oxazole rings is 1. The van der Waals surface area contributed by atoms with E-state index in [0.29, 0.717) is 54.0 Å². The fourth-order valence-corrected chi connectivity index (χ4v) is 4.02. The molecule has 9 heteroatoms. The maximum absolute atomic E-state index is 11.6. The fourth-order valence-electron chi connectivity index (χ4n) is 4.02. The topological polar surface area (TPSA) is 113 Å². The van der Waals surface area contributed by atoms with Crippen molar-refractivity contribution in [1.29, 1.82) is 0 Å². The van der Waals surface area contributed by atoms with E-state index in [1.165, 1.54) is 6.92 Å². The van der Waals surface area contributed by atoms with Crippen LogP contribution in [0.3, 0.4) is 0 Å². The first-order valence-electron chi connectivity index (χ1n) is 11.5. The van der Waals surface area contributed by atoms with Crippen LogP contribution in [0.1, 0.15) is 35.2 Å². The Morgan fingerprint density at radius 1 is 1.06 bits per heavy atom. The zero-order valence-electron chi connectivity index (χ0n) is 20.7. The molecule has 0 radical (unpaired) electrons. The van der Waals surface area contributed by atoms with Crippen molar-refractivity contribution in [3.8, 4) is 28.7 Å². The minimum atomic E-state index is -0.881. The first kappa shape index (κ1) is 24.8. The maximum Gasteiger partial charge on any atom is 0.323 e. The van der Waals surface area contributed by atoms with Crippen LogP contribution in [0, 0.1) is 13.8 Å². The summed E-state index contributed by atoms with van der Waals surface area (Å²) in [6.45, 7) is 5.90. The molecule has 2 aromatic heterocycles. The van der Waals surface area contributed by atoms with Crippen LogP contribution >= 0.6 is 0 Å². The maximum atomic E-state index is 11.6. The van der Waals surface area contributed by atoms with Crippen molar-refractivity contribution in [1.82, 2.24) is 9.55 Å². The van der Waals surface area contributed by atoms with Gasteiger partial charge in [-0.05, 0) is 55.8 Å². The SMILES string of the molecule is COc1cc(-c2nc(C)c(C(C)=O)o2)ccc1OCCCOc1ccc2c(c1)c(C)cn2CC(=O)O. The summed E-state index contributed by atoms with van der Waals surface area (Å²) in [7, 11) is 1.55. The van der Waals surface area contributed by atoms with E-state index < -0.39 is 5.97 Å². The van der Waals surface area contributed by atoms with Crippen LogP contribution in [0.4, 0.5) is 0 Å². The van der Waals surface area contributed by atoms with Crippen molar-refractivity contribution in [2.75, 3.05) is 20.3 Å². The van der Waals surface area contributed by atoms with Crippen molar-refractivity contribution < 1.29 is 33.3 Å². The number of aliphatic carboxylic acids is 1. The zero-order chi connectivity index (χ0) is 25.8. The number of carboxylic acids is 1. The minimum Gasteiger partial charge on any atom is -0.493 e. The Balaban J connectivity index is 1.33. The van der Waals surface area contributed by atoms with Gasteiger partial charge >= 0.3 is 5.97 Å². The largest absolute Gasteiger partial charge is 0.493 e. The van der Waals surface area contributed by atoms with Gasteiger partial charge in [0.15, 0.2) is 23.0 Å². The summed E-state index contributed by atoms with van der Waals surface area (Å²) < 4.78 is 24.6. The highest BCUT2D eigenvalue weighted by Gasteiger charge is 2.17. The number of methoxy groups -OCH3 is 1. The Morgan fingerprint density at radius 2 is 1.83 bits per heavy atom. The lowest BCUT2D eigenvalue weighted by Gasteiger charge is -2.12. The summed E-state index contributed by atoms with van der Waals surface area (Å²) in [4.78, 5) is 27.1. The average molecular weight is 493 g/mol. The van der Waals surface area contributed by atoms with Gasteiger partial charge in [0.05, 0.1) is 26.0 Å². The summed E-state index contributed by atoms with van der Waals surface area (Å²) >= 11 is 0. The number of fused-ring (bicyclic) bond motifs is 1. The molecule has 1 N–H and O–H groups in total. The molecule has 2 aromatic carbocycles. The highest BCUT2D eigenvalue weighted by molar-refractivity contribution is 5.92. The van der Waals surface area contributed by atoms with Crippen LogP contribution in [-0.2, 0) is 11.3 Å². The third-order valence-electron chi connectivity index (χ3n) is 5.70. The number of ether oxygens (including phenoxy) is 3. The lowest BCUT2D eigenvalue weighted by molar-refractivity contribution is -0.137. The molecule has 4 aromatic rings. The monoisotopic (exact) mass is 492 g/mol. The average Bonchev–Trinajstić information content (AvgIpc) is 3.38. The molecule has 0 bridgehead atoms. The Morgan fingerprint density at radius 3 is 2.53 bits per heavy atom. The Labute approximate surface area is 208 Å². The number of benzene rings is 2. The zero-order valence-corrected chi connectivity index (χ0v) is 20.7. The van der Waals surface area contributed by atoms with E-state index in [9.17, 15) is 9.59 Å². The van der Waals surface area contributed by atoms with Gasteiger partial charge < -0.3 is 28.3 Å². The predicted molar refractivity (Wildman–Crippen MR) is 133 cm³/mol. The van der Waals surface area contributed by atoms with E-state index in [0.717, 1.165) is 16.5 Å². The highest BCUT2D eigenvalue weighted by Crippen LogP contribution is 2.33. The van der Waals surface area contributed by atoms with Gasteiger partial charge in [0.1, 0.15) is 12.3 Å². The van der Waals surface area contributed by atoms with E-state index in [-0.39, 0.29) is 18.1 Å². The first-order chi connectivity index (χ1) is 17.3. The van der Waals surface area contributed by atoms with E-state index in [2.05, 4.69) is 4.98 Å². The minimum absolute atomic E-state index is 0.0799. The third-order valence-corrected chi connectivity index (χ3v) is 5.70. The fraction of sp³-hybridized carbons (Fsp3) is 0.296. The second kappa shape index (κ2) is 10.6. The van der Waals surface area contributed by atoms with Gasteiger partial charge in [-0.3, -0.25) is 9.59 Å². The molecule has 9 nitrogen and oxygen atoms in total. The molecule has 0 saturated carbocycles. The molecule has 0 saturated heterocycles. The van der Waals surface area contributed by atoms with Crippen LogP contribution in [0.5, 0.6) is 17.2 Å². The molecule has 0 spiro atoms. The molecule has 0 fully saturated rings. The number of ketones is 1. The number of hydrogen-bond donors (Lipinski definition) is 1. The molecule has 0 unspecified atom stereocenters. The second-order valence-electron chi connectivity index (χ2n) is 8.42. The highest BCUT2D eigenvalue weighted by atomic mass is 16.5. The van der Waals surface area contributed by atoms with Crippen LogP contribution in [0.15, 0.2) is 47.0 Å². The van der Waals surface area contributed by atoms with E-state index >= 15 is 0 Å². The summed E-state index contributed by atoms with van der Waals surface area (Å²) in [5.74, 6) is 1.36. The second-order valence-corrected chi connectivity index (χ2v) is 8.42. The lowest BCUT2D eigenvalue weighted by Crippen LogP contribution is -2.07. The van der Waals surface area contributed by atoms with Crippen molar-refractivity contribution in [2.45, 2.75) is 33.7 Å². The van der Waals surface area contributed by atoms with Gasteiger partial charge in [0.25, 0.3) is 0 Å². The van der Waals surface area contributed by atoms with Crippen molar-refractivity contribution in [3.63, 3.8) is 0 Å². The summed E-state index contributed by atoms with van der Waals surface area (Å²) in [6.07, 6.45) is 2.48. The van der Waals surface area contributed by atoms with Crippen molar-refractivity contribution in [3.05, 3.63) is 59.6 Å². The molecule has 188 valence electrons. The Bertz CT molecular complexity index is 1420. The summed E-state index contributed by atoms with van der Waals surface area (Å²) in [5.41, 5.74) is 3.08. The quantitative estimate of drug-likeness (QED) is 0.228. The number of rotatable bonds is 11. The summed E-state index contributed by atoms with van der Waals surface area (Å²) in [6, 6.07) is 11.0. The van der Waals surface area contributed by atoms with Gasteiger partial charge in [-0.1, -0.05) is 0 Å². The predicted octanol–water partition coefficient (Wildman–Crippen LogP) is 5.06. The van der Waals surface area contributed by atoms with Crippen molar-refractivity contribution >= 4 is 22.7 Å². The van der Waals surface area contributed by atoms with Crippen molar-refractivity contribution in [2.24, 2.45) is 0 Å². The third kappa shape index (κ3) is 5.35. The van der Waals surface area contributed by atoms with Gasteiger partial charge in [0.2, 0.25) is 5.89 Å². The van der Waals surface area contributed by atoms with E-state index in [1.54, 1.807) is 36.8 Å². The first-order valence-corrected chi connectivity index (χ1v) is 11.5. The molecule has 0 amide bonds. The van der Waals surface area contributed by atoms with E-state index in [4.69, 9.17) is 23.7 Å². The molecule has 0 atom stereocenters. The number of Topliss-reactive ketones (excluding diaryl/α,β-unsaturated/α-hetero) is 1. The smallest absolute Gasteiger partial charge is 0.323 e. The van der Waals surface area contributed by atoms with Gasteiger partial charge in [-0.2, -0.15) is 0 Å². The molecule has 0 aliphatic carbocycles. The molecular weight excluding hydrogens is 464 g/mol. The molecule has 0 aliphatic heterocycles. The summed E-state index contributed by atoms with van der Waals surface area (Å²) in [5, 5.41) is 10.0. The molecule has 4 rings (SSSR count). The van der Waals surface area contributed by atoms with Crippen LogP contribution in [0.2, 0.25) is 0 Å². The molecule has 2 heterocycles.